The summed E-state index contributed by atoms with van der Waals surface area (Å²) in [4.78, 5) is 37.7. The van der Waals surface area contributed by atoms with Crippen LogP contribution in [-0.2, 0) is 9.53 Å². The van der Waals surface area contributed by atoms with Crippen molar-refractivity contribution in [3.05, 3.63) is 75.4 Å². The largest absolute Gasteiger partial charge is 0.495 e. The van der Waals surface area contributed by atoms with Gasteiger partial charge in [0.1, 0.15) is 5.75 Å². The highest BCUT2D eigenvalue weighted by Gasteiger charge is 2.21. The average molecular weight is 459 g/mol. The van der Waals surface area contributed by atoms with Crippen LogP contribution >= 0.6 is 22.9 Å². The van der Waals surface area contributed by atoms with Gasteiger partial charge in [-0.3, -0.25) is 9.59 Å². The third-order valence-corrected chi connectivity index (χ3v) is 5.28. The van der Waals surface area contributed by atoms with E-state index in [2.05, 4.69) is 10.6 Å². The van der Waals surface area contributed by atoms with Crippen LogP contribution in [-0.4, -0.2) is 31.0 Å². The summed E-state index contributed by atoms with van der Waals surface area (Å²) < 4.78 is 10.5. The minimum absolute atomic E-state index is 0.198. The van der Waals surface area contributed by atoms with E-state index in [9.17, 15) is 14.4 Å². The Bertz CT molecular complexity index is 1100. The van der Waals surface area contributed by atoms with Crippen LogP contribution < -0.4 is 15.4 Å². The molecule has 0 aliphatic heterocycles. The molecule has 1 atom stereocenters. The summed E-state index contributed by atoms with van der Waals surface area (Å²) in [6.07, 6.45) is -1.08. The van der Waals surface area contributed by atoms with Gasteiger partial charge in [0, 0.05) is 10.7 Å². The molecule has 2 aromatic carbocycles. The van der Waals surface area contributed by atoms with Crippen molar-refractivity contribution in [1.82, 2.24) is 0 Å². The van der Waals surface area contributed by atoms with E-state index in [0.29, 0.717) is 27.0 Å². The maximum absolute atomic E-state index is 12.5. The highest BCUT2D eigenvalue weighted by molar-refractivity contribution is 7.12. The predicted molar refractivity (Wildman–Crippen MR) is 120 cm³/mol. The topological polar surface area (TPSA) is 93.7 Å². The number of carbonyl (C=O) groups excluding carboxylic acids is 3. The van der Waals surface area contributed by atoms with Gasteiger partial charge < -0.3 is 20.1 Å². The molecule has 3 rings (SSSR count). The van der Waals surface area contributed by atoms with Crippen LogP contribution in [0.4, 0.5) is 11.4 Å². The number of halogens is 1. The summed E-state index contributed by atoms with van der Waals surface area (Å²) in [5.41, 5.74) is 0.999. The summed E-state index contributed by atoms with van der Waals surface area (Å²) in [7, 11) is 1.46. The number of esters is 1. The van der Waals surface area contributed by atoms with Gasteiger partial charge in [-0.15, -0.1) is 11.3 Å². The van der Waals surface area contributed by atoms with Crippen molar-refractivity contribution in [1.29, 1.82) is 0 Å². The lowest BCUT2D eigenvalue weighted by atomic mass is 10.2. The molecule has 2 amide bonds. The second-order valence-corrected chi connectivity index (χ2v) is 7.78. The lowest BCUT2D eigenvalue weighted by Crippen LogP contribution is -2.30. The fraction of sp³-hybridized carbons (Fsp3) is 0.136. The van der Waals surface area contributed by atoms with Gasteiger partial charge in [0.2, 0.25) is 0 Å². The molecule has 160 valence electrons. The van der Waals surface area contributed by atoms with Gasteiger partial charge >= 0.3 is 5.97 Å². The highest BCUT2D eigenvalue weighted by Crippen LogP contribution is 2.28. The molecule has 0 saturated carbocycles. The number of hydrogen-bond acceptors (Lipinski definition) is 6. The lowest BCUT2D eigenvalue weighted by Gasteiger charge is -2.15. The lowest BCUT2D eigenvalue weighted by molar-refractivity contribution is -0.123. The first-order valence-electron chi connectivity index (χ1n) is 9.17. The first-order valence-corrected chi connectivity index (χ1v) is 10.4. The van der Waals surface area contributed by atoms with Gasteiger partial charge in [0.05, 0.1) is 23.2 Å². The van der Waals surface area contributed by atoms with Crippen molar-refractivity contribution in [2.24, 2.45) is 0 Å². The third kappa shape index (κ3) is 5.84. The van der Waals surface area contributed by atoms with Crippen molar-refractivity contribution >= 4 is 52.1 Å². The Labute approximate surface area is 187 Å². The van der Waals surface area contributed by atoms with Crippen molar-refractivity contribution < 1.29 is 23.9 Å². The molecule has 0 fully saturated rings. The second-order valence-electron chi connectivity index (χ2n) is 6.39. The van der Waals surface area contributed by atoms with E-state index in [4.69, 9.17) is 21.1 Å². The molecule has 1 aromatic heterocycles. The van der Waals surface area contributed by atoms with Crippen LogP contribution in [0.15, 0.2) is 60.0 Å². The number of rotatable bonds is 7. The van der Waals surface area contributed by atoms with E-state index in [1.54, 1.807) is 41.8 Å². The maximum atomic E-state index is 12.5. The number of methoxy groups -OCH3 is 1. The van der Waals surface area contributed by atoms with Crippen LogP contribution in [0, 0.1) is 0 Å². The summed E-state index contributed by atoms with van der Waals surface area (Å²) in [6, 6.07) is 14.5. The molecule has 0 radical (unpaired) electrons. The average Bonchev–Trinajstić information content (AvgIpc) is 3.29. The van der Waals surface area contributed by atoms with E-state index in [1.165, 1.54) is 43.6 Å². The van der Waals surface area contributed by atoms with Gasteiger partial charge in [-0.05, 0) is 54.8 Å². The number of hydrogen-bond donors (Lipinski definition) is 2. The zero-order valence-electron chi connectivity index (χ0n) is 16.7. The monoisotopic (exact) mass is 458 g/mol. The number of benzene rings is 2. The number of ether oxygens (including phenoxy) is 2. The zero-order chi connectivity index (χ0) is 22.4. The number of amides is 2. The number of anilines is 2. The van der Waals surface area contributed by atoms with Gasteiger partial charge in [-0.1, -0.05) is 23.7 Å². The van der Waals surface area contributed by atoms with Gasteiger partial charge in [0.15, 0.2) is 6.10 Å². The smallest absolute Gasteiger partial charge is 0.338 e. The van der Waals surface area contributed by atoms with Gasteiger partial charge in [-0.2, -0.15) is 0 Å². The normalized spacial score (nSPS) is 11.3. The zero-order valence-corrected chi connectivity index (χ0v) is 18.3. The molecule has 3 aromatic rings. The Hall–Kier alpha value is -3.36. The molecule has 2 N–H and O–H groups in total. The summed E-state index contributed by atoms with van der Waals surface area (Å²) >= 11 is 7.27. The summed E-state index contributed by atoms with van der Waals surface area (Å²) in [5.74, 6) is -1.10. The molecule has 1 unspecified atom stereocenters. The molecule has 1 heterocycles. The number of carbonyl (C=O) groups is 3. The quantitative estimate of drug-likeness (QED) is 0.494. The molecular formula is C22H19ClN2O5S. The molecule has 0 saturated heterocycles. The summed E-state index contributed by atoms with van der Waals surface area (Å²) in [5, 5.41) is 7.57. The van der Waals surface area contributed by atoms with E-state index in [-0.39, 0.29) is 11.5 Å². The van der Waals surface area contributed by atoms with Crippen LogP contribution in [0.1, 0.15) is 27.0 Å². The molecular weight excluding hydrogens is 440 g/mol. The molecule has 0 aliphatic carbocycles. The Balaban J connectivity index is 1.63. The first kappa shape index (κ1) is 22.3. The predicted octanol–water partition coefficient (Wildman–Crippen LogP) is 4.85. The first-order chi connectivity index (χ1) is 14.9. The van der Waals surface area contributed by atoms with Crippen LogP contribution in [0.3, 0.4) is 0 Å². The Morgan fingerprint density at radius 2 is 1.84 bits per heavy atom. The van der Waals surface area contributed by atoms with Crippen LogP contribution in [0.5, 0.6) is 5.75 Å². The van der Waals surface area contributed by atoms with E-state index in [1.807, 2.05) is 0 Å². The standard InChI is InChI=1S/C22H19ClN2O5S/c1-13(20(26)25-17-12-15(23)8-9-18(17)29-2)30-22(28)14-5-3-6-16(11-14)24-21(27)19-7-4-10-31-19/h3-13H,1-2H3,(H,24,27)(H,25,26). The van der Waals surface area contributed by atoms with Crippen molar-refractivity contribution in [2.75, 3.05) is 17.7 Å². The Kier molecular flexibility index (Phi) is 7.28. The molecule has 0 aliphatic rings. The SMILES string of the molecule is COc1ccc(Cl)cc1NC(=O)C(C)OC(=O)c1cccc(NC(=O)c2cccs2)c1. The van der Waals surface area contributed by atoms with Gasteiger partial charge in [0.25, 0.3) is 11.8 Å². The fourth-order valence-electron chi connectivity index (χ4n) is 2.62. The highest BCUT2D eigenvalue weighted by atomic mass is 35.5. The third-order valence-electron chi connectivity index (χ3n) is 4.17. The Morgan fingerprint density at radius 1 is 1.03 bits per heavy atom. The Morgan fingerprint density at radius 3 is 2.55 bits per heavy atom. The molecule has 0 bridgehead atoms. The van der Waals surface area contributed by atoms with E-state index in [0.717, 1.165) is 0 Å². The van der Waals surface area contributed by atoms with E-state index < -0.39 is 18.0 Å². The van der Waals surface area contributed by atoms with Crippen LogP contribution in [0.2, 0.25) is 5.02 Å². The van der Waals surface area contributed by atoms with Crippen molar-refractivity contribution in [3.63, 3.8) is 0 Å². The molecule has 0 spiro atoms. The van der Waals surface area contributed by atoms with Crippen LogP contribution in [0.25, 0.3) is 0 Å². The van der Waals surface area contributed by atoms with E-state index >= 15 is 0 Å². The minimum Gasteiger partial charge on any atom is -0.495 e. The minimum atomic E-state index is -1.08. The molecule has 7 nitrogen and oxygen atoms in total. The molecule has 9 heteroatoms. The maximum Gasteiger partial charge on any atom is 0.338 e. The second kappa shape index (κ2) is 10.1. The number of nitrogens with one attached hydrogen (secondary N) is 2. The van der Waals surface area contributed by atoms with Crippen molar-refractivity contribution in [3.8, 4) is 5.75 Å². The van der Waals surface area contributed by atoms with Crippen molar-refractivity contribution in [2.45, 2.75) is 13.0 Å². The number of thiophene rings is 1. The molecule has 31 heavy (non-hydrogen) atoms. The fourth-order valence-corrected chi connectivity index (χ4v) is 3.41. The summed E-state index contributed by atoms with van der Waals surface area (Å²) in [6.45, 7) is 1.45. The van der Waals surface area contributed by atoms with Gasteiger partial charge in [-0.25, -0.2) is 4.79 Å².